The first-order chi connectivity index (χ1) is 15.9. The molecule has 0 bridgehead atoms. The molecular formula is C23H26ClN5O3S. The van der Waals surface area contributed by atoms with Crippen LogP contribution in [0.25, 0.3) is 5.69 Å². The molecule has 2 N–H and O–H groups in total. The summed E-state index contributed by atoms with van der Waals surface area (Å²) in [7, 11) is 0. The molecule has 0 aliphatic carbocycles. The summed E-state index contributed by atoms with van der Waals surface area (Å²) in [6.45, 7) is 4.79. The van der Waals surface area contributed by atoms with E-state index < -0.39 is 11.9 Å². The zero-order chi connectivity index (χ0) is 23.6. The number of hydrogen-bond acceptors (Lipinski definition) is 6. The van der Waals surface area contributed by atoms with Crippen LogP contribution in [0.5, 0.6) is 5.75 Å². The molecule has 0 saturated heterocycles. The quantitative estimate of drug-likeness (QED) is 0.409. The first kappa shape index (κ1) is 24.6. The van der Waals surface area contributed by atoms with Gasteiger partial charge in [-0.15, -0.1) is 10.2 Å². The Morgan fingerprint density at radius 3 is 2.55 bits per heavy atom. The molecule has 0 fully saturated rings. The van der Waals surface area contributed by atoms with E-state index in [1.807, 2.05) is 47.0 Å². The van der Waals surface area contributed by atoms with Gasteiger partial charge in [-0.1, -0.05) is 67.5 Å². The average Bonchev–Trinajstić information content (AvgIpc) is 3.20. The number of nitrogens with one attached hydrogen (secondary N) is 2. The van der Waals surface area contributed by atoms with Gasteiger partial charge in [-0.2, -0.15) is 0 Å². The summed E-state index contributed by atoms with van der Waals surface area (Å²) in [5.74, 6) is 1.15. The van der Waals surface area contributed by atoms with Crippen LogP contribution in [0.15, 0.2) is 59.8 Å². The molecule has 0 saturated carbocycles. The molecule has 0 radical (unpaired) electrons. The Kier molecular flexibility index (Phi) is 9.14. The number of urea groups is 1. The fourth-order valence-corrected chi connectivity index (χ4v) is 3.80. The van der Waals surface area contributed by atoms with Crippen molar-refractivity contribution in [2.24, 2.45) is 5.92 Å². The standard InChI is InChI=1S/C23H26ClN5O3S/c1-16(2)12-13-25-22(31)26-21(30)15-33-23-28-27-20(29(23)17-8-4-3-5-9-17)14-32-19-11-7-6-10-18(19)24/h3-11,16H,12-15H2,1-2H3,(H2,25,26,30,31). The second-order valence-electron chi connectivity index (χ2n) is 7.56. The zero-order valence-electron chi connectivity index (χ0n) is 18.5. The highest BCUT2D eigenvalue weighted by atomic mass is 35.5. The van der Waals surface area contributed by atoms with Gasteiger partial charge in [0.25, 0.3) is 0 Å². The number of halogens is 1. The Labute approximate surface area is 202 Å². The summed E-state index contributed by atoms with van der Waals surface area (Å²) in [5.41, 5.74) is 0.828. The van der Waals surface area contributed by atoms with Crippen LogP contribution in [0.2, 0.25) is 5.02 Å². The first-order valence-corrected chi connectivity index (χ1v) is 11.9. The number of benzene rings is 2. The topological polar surface area (TPSA) is 98.1 Å². The minimum Gasteiger partial charge on any atom is -0.484 e. The van der Waals surface area contributed by atoms with E-state index in [0.29, 0.717) is 34.2 Å². The van der Waals surface area contributed by atoms with Crippen LogP contribution in [0.4, 0.5) is 4.79 Å². The van der Waals surface area contributed by atoms with Gasteiger partial charge in [-0.25, -0.2) is 4.79 Å². The van der Waals surface area contributed by atoms with Gasteiger partial charge in [0.05, 0.1) is 10.8 Å². The molecule has 8 nitrogen and oxygen atoms in total. The lowest BCUT2D eigenvalue weighted by molar-refractivity contribution is -0.117. The molecule has 2 aromatic carbocycles. The number of para-hydroxylation sites is 2. The molecule has 0 spiro atoms. The van der Waals surface area contributed by atoms with Gasteiger partial charge in [0, 0.05) is 12.2 Å². The second-order valence-corrected chi connectivity index (χ2v) is 8.91. The molecule has 1 aromatic heterocycles. The summed E-state index contributed by atoms with van der Waals surface area (Å²) >= 11 is 7.36. The molecule has 3 aromatic rings. The molecule has 0 aliphatic heterocycles. The highest BCUT2D eigenvalue weighted by molar-refractivity contribution is 7.99. The molecule has 174 valence electrons. The SMILES string of the molecule is CC(C)CCNC(=O)NC(=O)CSc1nnc(COc2ccccc2Cl)n1-c1ccccc1. The lowest BCUT2D eigenvalue weighted by atomic mass is 10.1. The number of carbonyl (C=O) groups is 2. The highest BCUT2D eigenvalue weighted by Crippen LogP contribution is 2.26. The summed E-state index contributed by atoms with van der Waals surface area (Å²) in [6, 6.07) is 16.2. The van der Waals surface area contributed by atoms with Crippen molar-refractivity contribution in [3.05, 3.63) is 65.4 Å². The summed E-state index contributed by atoms with van der Waals surface area (Å²) < 4.78 is 7.65. The Hall–Kier alpha value is -3.04. The van der Waals surface area contributed by atoms with E-state index in [-0.39, 0.29) is 12.4 Å². The maximum absolute atomic E-state index is 12.2. The predicted molar refractivity (Wildman–Crippen MR) is 129 cm³/mol. The normalized spacial score (nSPS) is 10.8. The number of thioether (sulfide) groups is 1. The molecule has 1 heterocycles. The van der Waals surface area contributed by atoms with Gasteiger partial charge in [-0.05, 0) is 36.6 Å². The van der Waals surface area contributed by atoms with Crippen molar-refractivity contribution in [3.8, 4) is 11.4 Å². The van der Waals surface area contributed by atoms with E-state index in [4.69, 9.17) is 16.3 Å². The highest BCUT2D eigenvalue weighted by Gasteiger charge is 2.17. The Morgan fingerprint density at radius 1 is 1.09 bits per heavy atom. The number of amides is 3. The van der Waals surface area contributed by atoms with Gasteiger partial charge < -0.3 is 10.1 Å². The van der Waals surface area contributed by atoms with Crippen molar-refractivity contribution in [1.82, 2.24) is 25.4 Å². The smallest absolute Gasteiger partial charge is 0.321 e. The summed E-state index contributed by atoms with van der Waals surface area (Å²) in [5, 5.41) is 14.5. The lowest BCUT2D eigenvalue weighted by Crippen LogP contribution is -2.40. The third kappa shape index (κ3) is 7.50. The second kappa shape index (κ2) is 12.3. The van der Waals surface area contributed by atoms with E-state index in [1.165, 1.54) is 11.8 Å². The number of carbonyl (C=O) groups excluding carboxylic acids is 2. The zero-order valence-corrected chi connectivity index (χ0v) is 20.0. The van der Waals surface area contributed by atoms with Crippen LogP contribution in [-0.4, -0.2) is 39.0 Å². The van der Waals surface area contributed by atoms with E-state index in [0.717, 1.165) is 12.1 Å². The number of ether oxygens (including phenoxy) is 1. The molecular weight excluding hydrogens is 462 g/mol. The monoisotopic (exact) mass is 487 g/mol. The third-order valence-corrected chi connectivity index (χ3v) is 5.74. The number of rotatable bonds is 10. The molecule has 0 unspecified atom stereocenters. The van der Waals surface area contributed by atoms with E-state index in [2.05, 4.69) is 34.7 Å². The number of nitrogens with zero attached hydrogens (tertiary/aromatic N) is 3. The van der Waals surface area contributed by atoms with Crippen molar-refractivity contribution in [2.45, 2.75) is 32.0 Å². The molecule has 0 aliphatic rings. The van der Waals surface area contributed by atoms with Crippen LogP contribution in [0.1, 0.15) is 26.1 Å². The van der Waals surface area contributed by atoms with Crippen molar-refractivity contribution in [2.75, 3.05) is 12.3 Å². The van der Waals surface area contributed by atoms with Crippen molar-refractivity contribution >= 4 is 35.3 Å². The van der Waals surface area contributed by atoms with Gasteiger partial charge >= 0.3 is 6.03 Å². The maximum atomic E-state index is 12.2. The Morgan fingerprint density at radius 2 is 1.82 bits per heavy atom. The van der Waals surface area contributed by atoms with Crippen LogP contribution in [-0.2, 0) is 11.4 Å². The van der Waals surface area contributed by atoms with Crippen LogP contribution in [0, 0.1) is 5.92 Å². The number of aromatic nitrogens is 3. The minimum absolute atomic E-state index is 0.00788. The van der Waals surface area contributed by atoms with Crippen LogP contribution >= 0.6 is 23.4 Å². The van der Waals surface area contributed by atoms with Crippen molar-refractivity contribution in [3.63, 3.8) is 0 Å². The first-order valence-electron chi connectivity index (χ1n) is 10.5. The Bertz CT molecular complexity index is 1070. The fourth-order valence-electron chi connectivity index (χ4n) is 2.84. The van der Waals surface area contributed by atoms with E-state index in [9.17, 15) is 9.59 Å². The minimum atomic E-state index is -0.500. The van der Waals surface area contributed by atoms with Gasteiger partial charge in [-0.3, -0.25) is 14.7 Å². The van der Waals surface area contributed by atoms with Gasteiger partial charge in [0.15, 0.2) is 11.0 Å². The summed E-state index contributed by atoms with van der Waals surface area (Å²) in [6.07, 6.45) is 0.843. The molecule has 3 amide bonds. The molecule has 3 rings (SSSR count). The maximum Gasteiger partial charge on any atom is 0.321 e. The third-order valence-electron chi connectivity index (χ3n) is 4.50. The molecule has 0 atom stereocenters. The molecule has 33 heavy (non-hydrogen) atoms. The number of imide groups is 1. The average molecular weight is 488 g/mol. The largest absolute Gasteiger partial charge is 0.484 e. The van der Waals surface area contributed by atoms with Crippen LogP contribution in [0.3, 0.4) is 0 Å². The predicted octanol–water partition coefficient (Wildman–Crippen LogP) is 4.46. The van der Waals surface area contributed by atoms with E-state index >= 15 is 0 Å². The summed E-state index contributed by atoms with van der Waals surface area (Å²) in [4.78, 5) is 24.1. The van der Waals surface area contributed by atoms with Gasteiger partial charge in [0.1, 0.15) is 12.4 Å². The van der Waals surface area contributed by atoms with E-state index in [1.54, 1.807) is 12.1 Å². The Balaban J connectivity index is 1.66. The number of hydrogen-bond donors (Lipinski definition) is 2. The van der Waals surface area contributed by atoms with Crippen LogP contribution < -0.4 is 15.4 Å². The van der Waals surface area contributed by atoms with Gasteiger partial charge in [0.2, 0.25) is 5.91 Å². The fraction of sp³-hybridized carbons (Fsp3) is 0.304. The molecule has 10 heteroatoms. The lowest BCUT2D eigenvalue weighted by Gasteiger charge is -2.12. The van der Waals surface area contributed by atoms with Crippen molar-refractivity contribution in [1.29, 1.82) is 0 Å². The van der Waals surface area contributed by atoms with Crippen molar-refractivity contribution < 1.29 is 14.3 Å².